The van der Waals surface area contributed by atoms with Crippen LogP contribution >= 0.6 is 15.9 Å². The SMILES string of the molecule is CN(C)c1ncccc1NC(=O)c1cccc(Br)n1. The minimum absolute atomic E-state index is 0.266. The molecule has 2 aromatic rings. The fourth-order valence-corrected chi connectivity index (χ4v) is 1.92. The number of aromatic nitrogens is 2. The Hall–Kier alpha value is -1.95. The summed E-state index contributed by atoms with van der Waals surface area (Å²) in [5.41, 5.74) is 1.00. The largest absolute Gasteiger partial charge is 0.361 e. The van der Waals surface area contributed by atoms with Crippen LogP contribution in [0.5, 0.6) is 0 Å². The molecule has 0 radical (unpaired) electrons. The highest BCUT2D eigenvalue weighted by atomic mass is 79.9. The normalized spacial score (nSPS) is 10.1. The number of amides is 1. The number of pyridine rings is 2. The number of hydrogen-bond donors (Lipinski definition) is 1. The van der Waals surface area contributed by atoms with Gasteiger partial charge in [0, 0.05) is 20.3 Å². The summed E-state index contributed by atoms with van der Waals surface area (Å²) >= 11 is 3.24. The number of halogens is 1. The summed E-state index contributed by atoms with van der Waals surface area (Å²) in [6.07, 6.45) is 1.68. The molecule has 0 aromatic carbocycles. The maximum Gasteiger partial charge on any atom is 0.274 e. The third-order valence-electron chi connectivity index (χ3n) is 2.41. The van der Waals surface area contributed by atoms with Crippen molar-refractivity contribution in [2.75, 3.05) is 24.3 Å². The highest BCUT2D eigenvalue weighted by Crippen LogP contribution is 2.21. The molecule has 2 aromatic heterocycles. The third-order valence-corrected chi connectivity index (χ3v) is 2.85. The molecule has 2 rings (SSSR count). The van der Waals surface area contributed by atoms with Crippen molar-refractivity contribution in [1.82, 2.24) is 9.97 Å². The van der Waals surface area contributed by atoms with Crippen molar-refractivity contribution in [1.29, 1.82) is 0 Å². The summed E-state index contributed by atoms with van der Waals surface area (Å²) in [5.74, 6) is 0.434. The van der Waals surface area contributed by atoms with Crippen molar-refractivity contribution < 1.29 is 4.79 Å². The summed E-state index contributed by atoms with van der Waals surface area (Å²) in [7, 11) is 3.74. The van der Waals surface area contributed by atoms with Gasteiger partial charge in [-0.05, 0) is 40.2 Å². The van der Waals surface area contributed by atoms with Gasteiger partial charge in [0.15, 0.2) is 5.82 Å². The van der Waals surface area contributed by atoms with Gasteiger partial charge in [0.2, 0.25) is 0 Å². The minimum atomic E-state index is -0.266. The van der Waals surface area contributed by atoms with Crippen LogP contribution in [0, 0.1) is 0 Å². The van der Waals surface area contributed by atoms with E-state index in [0.29, 0.717) is 21.8 Å². The van der Waals surface area contributed by atoms with Gasteiger partial charge in [-0.15, -0.1) is 0 Å². The van der Waals surface area contributed by atoms with Crippen molar-refractivity contribution in [3.8, 4) is 0 Å². The van der Waals surface area contributed by atoms with Gasteiger partial charge >= 0.3 is 0 Å². The molecule has 0 bridgehead atoms. The maximum atomic E-state index is 12.1. The lowest BCUT2D eigenvalue weighted by Crippen LogP contribution is -2.18. The Morgan fingerprint density at radius 3 is 2.74 bits per heavy atom. The van der Waals surface area contributed by atoms with Gasteiger partial charge < -0.3 is 10.2 Å². The number of hydrogen-bond acceptors (Lipinski definition) is 4. The van der Waals surface area contributed by atoms with Crippen LogP contribution in [0.2, 0.25) is 0 Å². The lowest BCUT2D eigenvalue weighted by molar-refractivity contribution is 0.102. The first-order valence-electron chi connectivity index (χ1n) is 5.64. The Bertz CT molecular complexity index is 601. The molecule has 6 heteroatoms. The number of carbonyl (C=O) groups excluding carboxylic acids is 1. The first kappa shape index (κ1) is 13.5. The van der Waals surface area contributed by atoms with Gasteiger partial charge in [0.1, 0.15) is 10.3 Å². The summed E-state index contributed by atoms with van der Waals surface area (Å²) < 4.78 is 0.624. The molecule has 2 heterocycles. The van der Waals surface area contributed by atoms with Crippen LogP contribution in [-0.4, -0.2) is 30.0 Å². The van der Waals surface area contributed by atoms with Crippen molar-refractivity contribution in [3.05, 3.63) is 46.8 Å². The molecular formula is C13H13BrN4O. The summed E-state index contributed by atoms with van der Waals surface area (Å²) in [6, 6.07) is 8.77. The predicted molar refractivity (Wildman–Crippen MR) is 78.5 cm³/mol. The van der Waals surface area contributed by atoms with E-state index in [1.807, 2.05) is 19.0 Å². The molecule has 0 aliphatic heterocycles. The zero-order valence-electron chi connectivity index (χ0n) is 10.6. The Labute approximate surface area is 119 Å². The Balaban J connectivity index is 2.24. The van der Waals surface area contributed by atoms with Crippen LogP contribution in [0.25, 0.3) is 0 Å². The van der Waals surface area contributed by atoms with Gasteiger partial charge in [0.05, 0.1) is 5.69 Å². The van der Waals surface area contributed by atoms with Crippen LogP contribution in [0.4, 0.5) is 11.5 Å². The zero-order chi connectivity index (χ0) is 13.8. The van der Waals surface area contributed by atoms with E-state index in [0.717, 1.165) is 0 Å². The Morgan fingerprint density at radius 2 is 2.05 bits per heavy atom. The van der Waals surface area contributed by atoms with Gasteiger partial charge in [0.25, 0.3) is 5.91 Å². The monoisotopic (exact) mass is 320 g/mol. The second kappa shape index (κ2) is 5.79. The van der Waals surface area contributed by atoms with E-state index in [1.54, 1.807) is 36.5 Å². The molecule has 0 saturated heterocycles. The van der Waals surface area contributed by atoms with E-state index in [-0.39, 0.29) is 5.91 Å². The molecule has 98 valence electrons. The van der Waals surface area contributed by atoms with Crippen LogP contribution in [0.3, 0.4) is 0 Å². The van der Waals surface area contributed by atoms with Gasteiger partial charge in [-0.2, -0.15) is 0 Å². The van der Waals surface area contributed by atoms with Crippen molar-refractivity contribution in [3.63, 3.8) is 0 Å². The topological polar surface area (TPSA) is 58.1 Å². The van der Waals surface area contributed by atoms with Gasteiger partial charge in [-0.1, -0.05) is 6.07 Å². The molecule has 0 unspecified atom stereocenters. The average molecular weight is 321 g/mol. The number of carbonyl (C=O) groups is 1. The molecule has 1 amide bonds. The standard InChI is InChI=1S/C13H13BrN4O/c1-18(2)12-9(6-4-8-15-12)17-13(19)10-5-3-7-11(14)16-10/h3-8H,1-2H3,(H,17,19). The molecule has 5 nitrogen and oxygen atoms in total. The predicted octanol–water partition coefficient (Wildman–Crippen LogP) is 2.56. The summed E-state index contributed by atoms with van der Waals surface area (Å²) in [6.45, 7) is 0. The van der Waals surface area contributed by atoms with E-state index in [1.165, 1.54) is 0 Å². The highest BCUT2D eigenvalue weighted by molar-refractivity contribution is 9.10. The third kappa shape index (κ3) is 3.29. The average Bonchev–Trinajstić information content (AvgIpc) is 2.39. The second-order valence-electron chi connectivity index (χ2n) is 4.07. The lowest BCUT2D eigenvalue weighted by Gasteiger charge is -2.16. The molecule has 0 saturated carbocycles. The van der Waals surface area contributed by atoms with Crippen LogP contribution < -0.4 is 10.2 Å². The summed E-state index contributed by atoms with van der Waals surface area (Å²) in [4.78, 5) is 22.3. The van der Waals surface area contributed by atoms with Crippen LogP contribution in [0.1, 0.15) is 10.5 Å². The van der Waals surface area contributed by atoms with Crippen molar-refractivity contribution in [2.24, 2.45) is 0 Å². The molecule has 0 atom stereocenters. The fraction of sp³-hybridized carbons (Fsp3) is 0.154. The Morgan fingerprint density at radius 1 is 1.26 bits per heavy atom. The maximum absolute atomic E-state index is 12.1. The van der Waals surface area contributed by atoms with Gasteiger partial charge in [-0.25, -0.2) is 9.97 Å². The number of rotatable bonds is 3. The molecule has 19 heavy (non-hydrogen) atoms. The molecule has 0 aliphatic rings. The number of anilines is 2. The quantitative estimate of drug-likeness (QED) is 0.883. The van der Waals surface area contributed by atoms with E-state index in [4.69, 9.17) is 0 Å². The first-order valence-corrected chi connectivity index (χ1v) is 6.43. The smallest absolute Gasteiger partial charge is 0.274 e. The zero-order valence-corrected chi connectivity index (χ0v) is 12.2. The Kier molecular flexibility index (Phi) is 4.11. The van der Waals surface area contributed by atoms with E-state index < -0.39 is 0 Å². The van der Waals surface area contributed by atoms with E-state index in [9.17, 15) is 4.79 Å². The molecular weight excluding hydrogens is 308 g/mol. The lowest BCUT2D eigenvalue weighted by atomic mass is 10.3. The second-order valence-corrected chi connectivity index (χ2v) is 4.88. The number of nitrogens with one attached hydrogen (secondary N) is 1. The fourth-order valence-electron chi connectivity index (χ4n) is 1.57. The van der Waals surface area contributed by atoms with Crippen LogP contribution in [0.15, 0.2) is 41.1 Å². The molecule has 1 N–H and O–H groups in total. The highest BCUT2D eigenvalue weighted by Gasteiger charge is 2.12. The van der Waals surface area contributed by atoms with E-state index in [2.05, 4.69) is 31.2 Å². The van der Waals surface area contributed by atoms with Crippen molar-refractivity contribution >= 4 is 33.3 Å². The van der Waals surface area contributed by atoms with Crippen molar-refractivity contribution in [2.45, 2.75) is 0 Å². The van der Waals surface area contributed by atoms with Gasteiger partial charge in [-0.3, -0.25) is 4.79 Å². The minimum Gasteiger partial charge on any atom is -0.361 e. The van der Waals surface area contributed by atoms with E-state index >= 15 is 0 Å². The first-order chi connectivity index (χ1) is 9.08. The molecule has 0 spiro atoms. The molecule has 0 aliphatic carbocycles. The molecule has 0 fully saturated rings. The van der Waals surface area contributed by atoms with Crippen LogP contribution in [-0.2, 0) is 0 Å². The summed E-state index contributed by atoms with van der Waals surface area (Å²) in [5, 5.41) is 2.81. The number of nitrogens with zero attached hydrogens (tertiary/aromatic N) is 3.